The molecule has 0 heterocycles. The van der Waals surface area contributed by atoms with E-state index in [1.54, 1.807) is 0 Å². The zero-order chi connectivity index (χ0) is 11.6. The van der Waals surface area contributed by atoms with Crippen LogP contribution >= 0.6 is 0 Å². The molecule has 1 fully saturated rings. The van der Waals surface area contributed by atoms with Crippen LogP contribution in [0.15, 0.2) is 0 Å². The number of hydrogen-bond acceptors (Lipinski definition) is 2. The maximum Gasteiger partial charge on any atom is 0.321 e. The molecule has 3 heteroatoms. The Bertz CT molecular complexity index is 148. The summed E-state index contributed by atoms with van der Waals surface area (Å²) in [6.07, 6.45) is 10.0. The molecule has 0 radical (unpaired) electrons. The second-order valence-corrected chi connectivity index (χ2v) is 6.88. The van der Waals surface area contributed by atoms with Crippen molar-refractivity contribution in [1.29, 1.82) is 0 Å². The van der Waals surface area contributed by atoms with Crippen LogP contribution in [0.4, 0.5) is 0 Å². The largest absolute Gasteiger partial charge is 0.397 e. The molecular formula is C13H28O2Si. The first-order chi connectivity index (χ1) is 7.86. The van der Waals surface area contributed by atoms with Crippen molar-refractivity contribution in [2.45, 2.75) is 64.8 Å². The highest BCUT2D eigenvalue weighted by atomic mass is 28.3. The molecule has 0 N–H and O–H groups in total. The Morgan fingerprint density at radius 2 is 1.50 bits per heavy atom. The van der Waals surface area contributed by atoms with Crippen molar-refractivity contribution < 1.29 is 8.85 Å². The molecule has 0 aromatic heterocycles. The Balaban J connectivity index is 2.18. The van der Waals surface area contributed by atoms with Crippen molar-refractivity contribution in [1.82, 2.24) is 0 Å². The molecule has 0 aromatic carbocycles. The monoisotopic (exact) mass is 244 g/mol. The Morgan fingerprint density at radius 1 is 0.938 bits per heavy atom. The van der Waals surface area contributed by atoms with E-state index >= 15 is 0 Å². The van der Waals surface area contributed by atoms with Gasteiger partial charge in [-0.05, 0) is 32.2 Å². The lowest BCUT2D eigenvalue weighted by Gasteiger charge is -2.18. The average Bonchev–Trinajstić information content (AvgIpc) is 2.55. The van der Waals surface area contributed by atoms with Gasteiger partial charge in [0.15, 0.2) is 0 Å². The van der Waals surface area contributed by atoms with Crippen LogP contribution < -0.4 is 0 Å². The van der Waals surface area contributed by atoms with E-state index in [1.165, 1.54) is 51.0 Å². The summed E-state index contributed by atoms with van der Waals surface area (Å²) in [6.45, 7) is 5.79. The summed E-state index contributed by atoms with van der Waals surface area (Å²) < 4.78 is 11.4. The minimum absolute atomic E-state index is 0.821. The Morgan fingerprint density at radius 3 is 2.00 bits per heavy atom. The van der Waals surface area contributed by atoms with E-state index in [0.717, 1.165) is 19.1 Å². The summed E-state index contributed by atoms with van der Waals surface area (Å²) >= 11 is 0. The highest BCUT2D eigenvalue weighted by Gasteiger charge is 2.17. The standard InChI is InChI=1S/C13H28O2Si/c1-3-14-16(15-4-2)12-11-13-9-7-5-6-8-10-13/h13,16H,3-12H2,1-2H3. The summed E-state index contributed by atoms with van der Waals surface area (Å²) in [5.41, 5.74) is 0. The van der Waals surface area contributed by atoms with Crippen molar-refractivity contribution in [3.05, 3.63) is 0 Å². The third-order valence-electron chi connectivity index (χ3n) is 3.49. The van der Waals surface area contributed by atoms with Crippen molar-refractivity contribution in [2.24, 2.45) is 5.92 Å². The van der Waals surface area contributed by atoms with Crippen molar-refractivity contribution in [3.8, 4) is 0 Å². The summed E-state index contributed by atoms with van der Waals surface area (Å²) in [7, 11) is -1.32. The van der Waals surface area contributed by atoms with Gasteiger partial charge in [-0.25, -0.2) is 0 Å². The van der Waals surface area contributed by atoms with Crippen LogP contribution in [0.3, 0.4) is 0 Å². The van der Waals surface area contributed by atoms with Gasteiger partial charge in [0.2, 0.25) is 0 Å². The van der Waals surface area contributed by atoms with Gasteiger partial charge in [-0.3, -0.25) is 0 Å². The minimum Gasteiger partial charge on any atom is -0.397 e. The first-order valence-electron chi connectivity index (χ1n) is 7.10. The summed E-state index contributed by atoms with van der Waals surface area (Å²) in [5.74, 6) is 0.957. The van der Waals surface area contributed by atoms with E-state index in [0.29, 0.717) is 0 Å². The lowest BCUT2D eigenvalue weighted by Crippen LogP contribution is -2.23. The van der Waals surface area contributed by atoms with Gasteiger partial charge in [0, 0.05) is 13.2 Å². The lowest BCUT2D eigenvalue weighted by atomic mass is 9.98. The average molecular weight is 244 g/mol. The van der Waals surface area contributed by atoms with Gasteiger partial charge in [-0.2, -0.15) is 0 Å². The normalized spacial score (nSPS) is 18.9. The quantitative estimate of drug-likeness (QED) is 0.503. The molecule has 0 atom stereocenters. The smallest absolute Gasteiger partial charge is 0.321 e. The van der Waals surface area contributed by atoms with Crippen molar-refractivity contribution in [2.75, 3.05) is 13.2 Å². The highest BCUT2D eigenvalue weighted by molar-refractivity contribution is 6.44. The number of rotatable bonds is 7. The lowest BCUT2D eigenvalue weighted by molar-refractivity contribution is 0.210. The van der Waals surface area contributed by atoms with Crippen LogP contribution in [-0.4, -0.2) is 22.5 Å². The predicted octanol–water partition coefficient (Wildman–Crippen LogP) is 3.64. The first-order valence-corrected chi connectivity index (χ1v) is 8.86. The summed E-state index contributed by atoms with van der Waals surface area (Å²) in [5, 5.41) is 0. The SMILES string of the molecule is CCO[SiH](CCC1CCCCCC1)OCC. The molecule has 0 spiro atoms. The number of hydrogen-bond donors (Lipinski definition) is 0. The van der Waals surface area contributed by atoms with Gasteiger partial charge in [0.05, 0.1) is 0 Å². The van der Waals surface area contributed by atoms with Gasteiger partial charge < -0.3 is 8.85 Å². The van der Waals surface area contributed by atoms with Gasteiger partial charge >= 0.3 is 9.28 Å². The zero-order valence-corrected chi connectivity index (χ0v) is 12.2. The van der Waals surface area contributed by atoms with Gasteiger partial charge in [0.25, 0.3) is 0 Å². The van der Waals surface area contributed by atoms with Crippen molar-refractivity contribution in [3.63, 3.8) is 0 Å². The topological polar surface area (TPSA) is 18.5 Å². The van der Waals surface area contributed by atoms with E-state index in [4.69, 9.17) is 8.85 Å². The van der Waals surface area contributed by atoms with Gasteiger partial charge in [0.1, 0.15) is 0 Å². The van der Waals surface area contributed by atoms with E-state index in [9.17, 15) is 0 Å². The molecule has 0 unspecified atom stereocenters. The maximum absolute atomic E-state index is 5.72. The fraction of sp³-hybridized carbons (Fsp3) is 1.00. The Hall–Kier alpha value is 0.137. The Labute approximate surface area is 103 Å². The fourth-order valence-electron chi connectivity index (χ4n) is 2.61. The third kappa shape index (κ3) is 6.02. The highest BCUT2D eigenvalue weighted by Crippen LogP contribution is 2.27. The summed E-state index contributed by atoms with van der Waals surface area (Å²) in [4.78, 5) is 0. The molecule has 16 heavy (non-hydrogen) atoms. The second-order valence-electron chi connectivity index (χ2n) is 4.78. The van der Waals surface area contributed by atoms with Crippen LogP contribution in [-0.2, 0) is 8.85 Å². The van der Waals surface area contributed by atoms with E-state index in [2.05, 4.69) is 13.8 Å². The molecule has 96 valence electrons. The maximum atomic E-state index is 5.72. The third-order valence-corrected chi connectivity index (χ3v) is 5.71. The first kappa shape index (κ1) is 14.2. The molecule has 2 nitrogen and oxygen atoms in total. The predicted molar refractivity (Wildman–Crippen MR) is 71.0 cm³/mol. The van der Waals surface area contributed by atoms with Crippen LogP contribution in [0.5, 0.6) is 0 Å². The molecule has 0 aliphatic heterocycles. The van der Waals surface area contributed by atoms with E-state index in [1.807, 2.05) is 0 Å². The molecule has 0 saturated heterocycles. The van der Waals surface area contributed by atoms with Crippen molar-refractivity contribution >= 4 is 9.28 Å². The molecule has 1 aliphatic rings. The van der Waals surface area contributed by atoms with Crippen LogP contribution in [0, 0.1) is 5.92 Å². The van der Waals surface area contributed by atoms with Gasteiger partial charge in [-0.15, -0.1) is 0 Å². The summed E-state index contributed by atoms with van der Waals surface area (Å²) in [6, 6.07) is 1.21. The van der Waals surface area contributed by atoms with E-state index in [-0.39, 0.29) is 0 Å². The fourth-order valence-corrected chi connectivity index (χ4v) is 4.53. The van der Waals surface area contributed by atoms with Crippen LogP contribution in [0.25, 0.3) is 0 Å². The minimum atomic E-state index is -1.32. The molecule has 0 amide bonds. The molecule has 1 saturated carbocycles. The zero-order valence-electron chi connectivity index (χ0n) is 11.0. The molecule has 1 rings (SSSR count). The van der Waals surface area contributed by atoms with Crippen LogP contribution in [0.2, 0.25) is 6.04 Å². The second kappa shape index (κ2) is 9.20. The van der Waals surface area contributed by atoms with Gasteiger partial charge in [-0.1, -0.05) is 38.5 Å². The Kier molecular flexibility index (Phi) is 8.16. The molecule has 0 bridgehead atoms. The van der Waals surface area contributed by atoms with E-state index < -0.39 is 9.28 Å². The molecule has 1 aliphatic carbocycles. The molecule has 0 aromatic rings. The molecular weight excluding hydrogens is 216 g/mol. The van der Waals surface area contributed by atoms with Crippen LogP contribution in [0.1, 0.15) is 58.8 Å².